The molecule has 0 aliphatic carbocycles. The number of amides is 1. The molecule has 3 N–H and O–H groups in total. The van der Waals surface area contributed by atoms with E-state index in [0.29, 0.717) is 17.9 Å². The Hall–Kier alpha value is -3.04. The lowest BCUT2D eigenvalue weighted by Gasteiger charge is -2.09. The smallest absolute Gasteiger partial charge is 0.256 e. The van der Waals surface area contributed by atoms with Gasteiger partial charge in [0.05, 0.1) is 17.6 Å². The highest BCUT2D eigenvalue weighted by Gasteiger charge is 2.12. The fourth-order valence-electron chi connectivity index (χ4n) is 2.21. The van der Waals surface area contributed by atoms with E-state index >= 15 is 0 Å². The van der Waals surface area contributed by atoms with Gasteiger partial charge in [0.15, 0.2) is 0 Å². The average molecular weight is 357 g/mol. The zero-order valence-corrected chi connectivity index (χ0v) is 13.8. The van der Waals surface area contributed by atoms with Crippen LogP contribution in [0.1, 0.15) is 15.9 Å². The second-order valence-corrected chi connectivity index (χ2v) is 6.82. The Morgan fingerprint density at radius 1 is 1.12 bits per heavy atom. The Labute approximate surface area is 144 Å². The number of primary sulfonamides is 1. The number of hydrogen-bond acceptors (Lipinski definition) is 5. The third kappa shape index (κ3) is 4.08. The molecule has 0 saturated heterocycles. The fourth-order valence-corrected chi connectivity index (χ4v) is 2.73. The van der Waals surface area contributed by atoms with Crippen LogP contribution in [0.25, 0.3) is 0 Å². The Morgan fingerprint density at radius 3 is 2.52 bits per heavy atom. The molecular weight excluding hydrogens is 342 g/mol. The molecule has 3 rings (SSSR count). The van der Waals surface area contributed by atoms with Gasteiger partial charge in [-0.3, -0.25) is 9.78 Å². The highest BCUT2D eigenvalue weighted by Crippen LogP contribution is 2.13. The maximum atomic E-state index is 12.3. The first-order chi connectivity index (χ1) is 11.9. The fraction of sp³-hybridized carbons (Fsp3) is 0.0625. The van der Waals surface area contributed by atoms with Crippen LogP contribution in [0.3, 0.4) is 0 Å². The molecule has 0 spiro atoms. The molecular formula is C16H15N5O3S. The average Bonchev–Trinajstić information content (AvgIpc) is 3.02. The van der Waals surface area contributed by atoms with Crippen molar-refractivity contribution >= 4 is 21.7 Å². The van der Waals surface area contributed by atoms with E-state index < -0.39 is 10.0 Å². The van der Waals surface area contributed by atoms with Gasteiger partial charge in [-0.2, -0.15) is 5.10 Å². The number of nitrogens with zero attached hydrogens (tertiary/aromatic N) is 3. The van der Waals surface area contributed by atoms with Crippen LogP contribution in [-0.4, -0.2) is 29.1 Å². The van der Waals surface area contributed by atoms with E-state index in [9.17, 15) is 13.2 Å². The predicted octanol–water partition coefficient (Wildman–Crippen LogP) is 1.23. The Balaban J connectivity index is 1.75. The van der Waals surface area contributed by atoms with Gasteiger partial charge >= 0.3 is 0 Å². The maximum Gasteiger partial charge on any atom is 0.256 e. The quantitative estimate of drug-likeness (QED) is 0.711. The molecule has 128 valence electrons. The number of nitrogens with two attached hydrogens (primary N) is 1. The molecule has 0 saturated carbocycles. The minimum atomic E-state index is -3.79. The van der Waals surface area contributed by atoms with Crippen LogP contribution in [0.4, 0.5) is 5.82 Å². The molecule has 8 nitrogen and oxygen atoms in total. The first-order valence-electron chi connectivity index (χ1n) is 7.28. The first kappa shape index (κ1) is 16.8. The van der Waals surface area contributed by atoms with E-state index in [-0.39, 0.29) is 10.8 Å². The molecule has 2 heterocycles. The van der Waals surface area contributed by atoms with E-state index in [2.05, 4.69) is 15.4 Å². The molecule has 2 aromatic heterocycles. The maximum absolute atomic E-state index is 12.3. The van der Waals surface area contributed by atoms with Crippen LogP contribution < -0.4 is 10.5 Å². The van der Waals surface area contributed by atoms with Crippen LogP contribution >= 0.6 is 0 Å². The summed E-state index contributed by atoms with van der Waals surface area (Å²) in [5.74, 6) is 0.137. The lowest BCUT2D eigenvalue weighted by atomic mass is 10.2. The highest BCUT2D eigenvalue weighted by molar-refractivity contribution is 7.89. The molecule has 1 aromatic carbocycles. The van der Waals surface area contributed by atoms with Crippen LogP contribution in [-0.2, 0) is 16.6 Å². The summed E-state index contributed by atoms with van der Waals surface area (Å²) in [5, 5.41) is 12.0. The summed E-state index contributed by atoms with van der Waals surface area (Å²) in [6.07, 6.45) is 4.98. The minimum Gasteiger partial charge on any atom is -0.307 e. The van der Waals surface area contributed by atoms with Gasteiger partial charge in [-0.15, -0.1) is 0 Å². The van der Waals surface area contributed by atoms with Gasteiger partial charge < -0.3 is 5.32 Å². The van der Waals surface area contributed by atoms with Gasteiger partial charge in [0, 0.05) is 24.0 Å². The zero-order valence-electron chi connectivity index (χ0n) is 13.0. The highest BCUT2D eigenvalue weighted by atomic mass is 32.2. The number of pyridine rings is 1. The lowest BCUT2D eigenvalue weighted by Crippen LogP contribution is -2.17. The van der Waals surface area contributed by atoms with E-state index in [1.807, 2.05) is 12.1 Å². The third-order valence-corrected chi connectivity index (χ3v) is 4.39. The number of carbonyl (C=O) groups is 1. The number of sulfonamides is 1. The Morgan fingerprint density at radius 2 is 1.88 bits per heavy atom. The SMILES string of the molecule is NS(=O)(=O)c1ccc(C(=O)Nc2ccnn2Cc2cccnc2)cc1. The number of aromatic nitrogens is 3. The summed E-state index contributed by atoms with van der Waals surface area (Å²) in [7, 11) is -3.79. The molecule has 0 aliphatic rings. The summed E-state index contributed by atoms with van der Waals surface area (Å²) in [4.78, 5) is 16.3. The van der Waals surface area contributed by atoms with Crippen LogP contribution in [0, 0.1) is 0 Å². The predicted molar refractivity (Wildman–Crippen MR) is 91.3 cm³/mol. The van der Waals surface area contributed by atoms with Gasteiger partial charge in [-0.1, -0.05) is 6.07 Å². The Kier molecular flexibility index (Phi) is 4.59. The first-order valence-corrected chi connectivity index (χ1v) is 8.83. The van der Waals surface area contributed by atoms with Crippen molar-refractivity contribution in [3.8, 4) is 0 Å². The van der Waals surface area contributed by atoms with Crippen LogP contribution in [0.2, 0.25) is 0 Å². The molecule has 0 fully saturated rings. The molecule has 1 amide bonds. The van der Waals surface area contributed by atoms with Crippen molar-refractivity contribution < 1.29 is 13.2 Å². The molecule has 0 bridgehead atoms. The third-order valence-electron chi connectivity index (χ3n) is 3.46. The number of hydrogen-bond donors (Lipinski definition) is 2. The van der Waals surface area contributed by atoms with Crippen molar-refractivity contribution in [3.63, 3.8) is 0 Å². The van der Waals surface area contributed by atoms with E-state index in [4.69, 9.17) is 5.14 Å². The van der Waals surface area contributed by atoms with Crippen molar-refractivity contribution in [1.29, 1.82) is 0 Å². The standard InChI is InChI=1S/C16H15N5O3S/c17-25(23,24)14-5-3-13(4-6-14)16(22)20-15-7-9-19-21(15)11-12-2-1-8-18-10-12/h1-10H,11H2,(H,20,22)(H2,17,23,24). The molecule has 0 unspecified atom stereocenters. The Bertz CT molecular complexity index is 982. The summed E-state index contributed by atoms with van der Waals surface area (Å²) >= 11 is 0. The molecule has 9 heteroatoms. The molecule has 0 aliphatic heterocycles. The number of anilines is 1. The summed E-state index contributed by atoms with van der Waals surface area (Å²) in [6, 6.07) is 10.8. The van der Waals surface area contributed by atoms with Crippen molar-refractivity contribution in [2.45, 2.75) is 11.4 Å². The lowest BCUT2D eigenvalue weighted by molar-refractivity contribution is 0.102. The van der Waals surface area contributed by atoms with Gasteiger partial charge in [0.25, 0.3) is 5.91 Å². The summed E-state index contributed by atoms with van der Waals surface area (Å²) < 4.78 is 24.1. The van der Waals surface area contributed by atoms with Crippen molar-refractivity contribution in [2.75, 3.05) is 5.32 Å². The van der Waals surface area contributed by atoms with Crippen molar-refractivity contribution in [2.24, 2.45) is 5.14 Å². The molecule has 0 atom stereocenters. The van der Waals surface area contributed by atoms with Gasteiger partial charge in [-0.05, 0) is 35.9 Å². The van der Waals surface area contributed by atoms with E-state index in [0.717, 1.165) is 5.56 Å². The topological polar surface area (TPSA) is 120 Å². The second-order valence-electron chi connectivity index (χ2n) is 5.26. The van der Waals surface area contributed by atoms with Gasteiger partial charge in [0.1, 0.15) is 5.82 Å². The molecule has 25 heavy (non-hydrogen) atoms. The van der Waals surface area contributed by atoms with Gasteiger partial charge in [-0.25, -0.2) is 18.2 Å². The molecule has 0 radical (unpaired) electrons. The minimum absolute atomic E-state index is 0.0503. The normalized spacial score (nSPS) is 11.2. The van der Waals surface area contributed by atoms with E-state index in [1.165, 1.54) is 24.3 Å². The summed E-state index contributed by atoms with van der Waals surface area (Å²) in [6.45, 7) is 0.459. The largest absolute Gasteiger partial charge is 0.307 e. The van der Waals surface area contributed by atoms with Crippen molar-refractivity contribution in [1.82, 2.24) is 14.8 Å². The number of rotatable bonds is 5. The van der Waals surface area contributed by atoms with Gasteiger partial charge in [0.2, 0.25) is 10.0 Å². The monoisotopic (exact) mass is 357 g/mol. The second kappa shape index (κ2) is 6.83. The molecule has 3 aromatic rings. The van der Waals surface area contributed by atoms with Crippen molar-refractivity contribution in [3.05, 3.63) is 72.2 Å². The summed E-state index contributed by atoms with van der Waals surface area (Å²) in [5.41, 5.74) is 1.25. The zero-order chi connectivity index (χ0) is 17.9. The van der Waals surface area contributed by atoms with Crippen LogP contribution in [0.15, 0.2) is 66.0 Å². The number of benzene rings is 1. The van der Waals surface area contributed by atoms with Crippen LogP contribution in [0.5, 0.6) is 0 Å². The van der Waals surface area contributed by atoms with E-state index in [1.54, 1.807) is 29.3 Å². The number of nitrogens with one attached hydrogen (secondary N) is 1. The number of carbonyl (C=O) groups excluding carboxylic acids is 1.